The van der Waals surface area contributed by atoms with E-state index in [1.54, 1.807) is 13.0 Å². The van der Waals surface area contributed by atoms with Crippen molar-refractivity contribution in [3.63, 3.8) is 0 Å². The molecule has 0 radical (unpaired) electrons. The number of nitrogens with zero attached hydrogens (tertiary/aromatic N) is 2. The highest BCUT2D eigenvalue weighted by Crippen LogP contribution is 2.30. The maximum absolute atomic E-state index is 13.7. The summed E-state index contributed by atoms with van der Waals surface area (Å²) in [5.41, 5.74) is 12.8. The van der Waals surface area contributed by atoms with Gasteiger partial charge in [0.05, 0.1) is 5.69 Å². The molecule has 3 aromatic rings. The third kappa shape index (κ3) is 5.18. The van der Waals surface area contributed by atoms with E-state index in [1.165, 1.54) is 17.2 Å². The standard InChI is InChI=1S/C28H34FN3O/c1-4-25-16-27(23-11-13-26(29)18(2)14-23)31-32(25)17-28(33)19(3)20-6-5-7-22-15-24(30)12-10-21(22)9-8-20/h10-16,19-20H,4-9,17,30H2,1-3H3. The molecule has 2 aromatic carbocycles. The fraction of sp³-hybridized carbons (Fsp3) is 0.429. The van der Waals surface area contributed by atoms with E-state index in [0.29, 0.717) is 11.5 Å². The van der Waals surface area contributed by atoms with Crippen LogP contribution >= 0.6 is 0 Å². The fourth-order valence-electron chi connectivity index (χ4n) is 5.04. The van der Waals surface area contributed by atoms with Crippen LogP contribution in [0.4, 0.5) is 10.1 Å². The summed E-state index contributed by atoms with van der Waals surface area (Å²) in [4.78, 5) is 13.3. The molecule has 0 bridgehead atoms. The minimum atomic E-state index is -0.219. The van der Waals surface area contributed by atoms with Crippen molar-refractivity contribution in [2.75, 3.05) is 5.73 Å². The first-order valence-electron chi connectivity index (χ1n) is 12.1. The smallest absolute Gasteiger partial charge is 0.157 e. The van der Waals surface area contributed by atoms with Gasteiger partial charge in [-0.25, -0.2) is 4.39 Å². The molecule has 0 fully saturated rings. The van der Waals surface area contributed by atoms with Crippen LogP contribution < -0.4 is 5.73 Å². The minimum Gasteiger partial charge on any atom is -0.399 e. The quantitative estimate of drug-likeness (QED) is 0.476. The van der Waals surface area contributed by atoms with Crippen molar-refractivity contribution in [1.82, 2.24) is 9.78 Å². The number of benzene rings is 2. The zero-order chi connectivity index (χ0) is 23.5. The van der Waals surface area contributed by atoms with Gasteiger partial charge in [0, 0.05) is 22.9 Å². The molecule has 0 saturated heterocycles. The van der Waals surface area contributed by atoms with Gasteiger partial charge in [-0.3, -0.25) is 9.48 Å². The van der Waals surface area contributed by atoms with Gasteiger partial charge in [0.15, 0.2) is 5.78 Å². The van der Waals surface area contributed by atoms with Gasteiger partial charge in [-0.2, -0.15) is 5.10 Å². The summed E-state index contributed by atoms with van der Waals surface area (Å²) in [7, 11) is 0. The maximum Gasteiger partial charge on any atom is 0.157 e. The highest BCUT2D eigenvalue weighted by Gasteiger charge is 2.26. The van der Waals surface area contributed by atoms with Crippen molar-refractivity contribution in [3.8, 4) is 11.3 Å². The van der Waals surface area contributed by atoms with Crippen LogP contribution in [0.5, 0.6) is 0 Å². The summed E-state index contributed by atoms with van der Waals surface area (Å²) < 4.78 is 15.5. The Kier molecular flexibility index (Phi) is 6.96. The Balaban J connectivity index is 1.46. The molecule has 2 unspecified atom stereocenters. The van der Waals surface area contributed by atoms with E-state index >= 15 is 0 Å². The summed E-state index contributed by atoms with van der Waals surface area (Å²) in [5, 5.41) is 4.72. The molecule has 5 heteroatoms. The van der Waals surface area contributed by atoms with Crippen LogP contribution in [-0.2, 0) is 30.6 Å². The Bertz CT molecular complexity index is 1150. The molecule has 1 aliphatic carbocycles. The SMILES string of the molecule is CCc1cc(-c2ccc(F)c(C)c2)nn1CC(=O)C(C)C1CCCc2cc(N)ccc2CC1. The maximum atomic E-state index is 13.7. The second kappa shape index (κ2) is 9.90. The van der Waals surface area contributed by atoms with Crippen molar-refractivity contribution in [2.24, 2.45) is 11.8 Å². The summed E-state index contributed by atoms with van der Waals surface area (Å²) >= 11 is 0. The first-order valence-corrected chi connectivity index (χ1v) is 12.1. The zero-order valence-corrected chi connectivity index (χ0v) is 19.9. The number of aryl methyl sites for hydroxylation is 4. The monoisotopic (exact) mass is 447 g/mol. The largest absolute Gasteiger partial charge is 0.399 e. The van der Waals surface area contributed by atoms with E-state index < -0.39 is 0 Å². The molecule has 4 rings (SSSR count). The van der Waals surface area contributed by atoms with E-state index in [0.717, 1.165) is 61.2 Å². The molecule has 0 saturated carbocycles. The first-order chi connectivity index (χ1) is 15.9. The highest BCUT2D eigenvalue weighted by molar-refractivity contribution is 5.81. The zero-order valence-electron chi connectivity index (χ0n) is 19.9. The predicted octanol–water partition coefficient (Wildman–Crippen LogP) is 5.93. The number of rotatable bonds is 6. The van der Waals surface area contributed by atoms with Crippen molar-refractivity contribution in [2.45, 2.75) is 65.8 Å². The number of fused-ring (bicyclic) bond motifs is 1. The Morgan fingerprint density at radius 3 is 2.73 bits per heavy atom. The van der Waals surface area contributed by atoms with E-state index in [2.05, 4.69) is 26.0 Å². The number of ketones is 1. The van der Waals surface area contributed by atoms with Crippen molar-refractivity contribution in [1.29, 1.82) is 0 Å². The number of anilines is 1. The second-order valence-corrected chi connectivity index (χ2v) is 9.47. The molecule has 2 N–H and O–H groups in total. The number of Topliss-reactive ketones (excluding diaryl/α,β-unsaturated/α-hetero) is 1. The van der Waals surface area contributed by atoms with Gasteiger partial charge in [-0.05, 0) is 104 Å². The third-order valence-electron chi connectivity index (χ3n) is 7.24. The minimum absolute atomic E-state index is 0.00856. The van der Waals surface area contributed by atoms with Crippen LogP contribution in [0.25, 0.3) is 11.3 Å². The Morgan fingerprint density at radius 2 is 1.97 bits per heavy atom. The molecule has 2 atom stereocenters. The number of hydrogen-bond donors (Lipinski definition) is 1. The molecule has 1 aliphatic rings. The van der Waals surface area contributed by atoms with Crippen LogP contribution in [0.3, 0.4) is 0 Å². The molecular weight excluding hydrogens is 413 g/mol. The Hall–Kier alpha value is -2.95. The Morgan fingerprint density at radius 1 is 1.15 bits per heavy atom. The van der Waals surface area contributed by atoms with Crippen molar-refractivity contribution >= 4 is 11.5 Å². The van der Waals surface area contributed by atoms with Crippen molar-refractivity contribution < 1.29 is 9.18 Å². The number of carbonyl (C=O) groups is 1. The number of aromatic nitrogens is 2. The van der Waals surface area contributed by atoms with Gasteiger partial charge < -0.3 is 5.73 Å². The number of halogens is 1. The molecule has 4 nitrogen and oxygen atoms in total. The van der Waals surface area contributed by atoms with E-state index in [4.69, 9.17) is 10.8 Å². The summed E-state index contributed by atoms with van der Waals surface area (Å²) in [6.07, 6.45) is 5.96. The van der Waals surface area contributed by atoms with E-state index in [9.17, 15) is 9.18 Å². The van der Waals surface area contributed by atoms with Gasteiger partial charge in [-0.1, -0.05) is 19.9 Å². The second-order valence-electron chi connectivity index (χ2n) is 9.47. The van der Waals surface area contributed by atoms with Gasteiger partial charge in [-0.15, -0.1) is 0 Å². The van der Waals surface area contributed by atoms with Gasteiger partial charge >= 0.3 is 0 Å². The van der Waals surface area contributed by atoms with Crippen LogP contribution in [0.15, 0.2) is 42.5 Å². The molecule has 1 heterocycles. The van der Waals surface area contributed by atoms with Crippen molar-refractivity contribution in [3.05, 3.63) is 70.7 Å². The fourth-order valence-corrected chi connectivity index (χ4v) is 5.04. The number of nitrogens with two attached hydrogens (primary N) is 1. The number of hydrogen-bond acceptors (Lipinski definition) is 3. The van der Waals surface area contributed by atoms with Gasteiger partial charge in [0.1, 0.15) is 12.4 Å². The lowest BCUT2D eigenvalue weighted by atomic mass is 9.79. The van der Waals surface area contributed by atoms with E-state index in [1.807, 2.05) is 22.9 Å². The number of nitrogen functional groups attached to an aromatic ring is 1. The summed E-state index contributed by atoms with van der Waals surface area (Å²) in [6.45, 7) is 6.19. The van der Waals surface area contributed by atoms with Gasteiger partial charge in [0.2, 0.25) is 0 Å². The summed E-state index contributed by atoms with van der Waals surface area (Å²) in [5.74, 6) is 0.384. The summed E-state index contributed by atoms with van der Waals surface area (Å²) in [6, 6.07) is 13.3. The molecule has 33 heavy (non-hydrogen) atoms. The molecule has 0 aliphatic heterocycles. The van der Waals surface area contributed by atoms with Crippen LogP contribution in [-0.4, -0.2) is 15.6 Å². The average molecular weight is 448 g/mol. The molecule has 0 spiro atoms. The van der Waals surface area contributed by atoms with Crippen LogP contribution in [0.1, 0.15) is 55.5 Å². The Labute approximate surface area is 196 Å². The lowest BCUT2D eigenvalue weighted by molar-refractivity contribution is -0.125. The molecule has 1 aromatic heterocycles. The number of carbonyl (C=O) groups excluding carboxylic acids is 1. The topological polar surface area (TPSA) is 60.9 Å². The van der Waals surface area contributed by atoms with Gasteiger partial charge in [0.25, 0.3) is 0 Å². The normalized spacial score (nSPS) is 17.2. The lowest BCUT2D eigenvalue weighted by Crippen LogP contribution is -2.27. The first kappa shape index (κ1) is 23.2. The van der Waals surface area contributed by atoms with Crippen LogP contribution in [0.2, 0.25) is 0 Å². The molecule has 174 valence electrons. The predicted molar refractivity (Wildman–Crippen MR) is 132 cm³/mol. The molecular formula is C28H34FN3O. The lowest BCUT2D eigenvalue weighted by Gasteiger charge is -2.26. The average Bonchev–Trinajstić information content (AvgIpc) is 3.19. The van der Waals surface area contributed by atoms with E-state index in [-0.39, 0.29) is 24.1 Å². The highest BCUT2D eigenvalue weighted by atomic mass is 19.1. The van der Waals surface area contributed by atoms with Crippen LogP contribution in [0, 0.1) is 24.6 Å². The third-order valence-corrected chi connectivity index (χ3v) is 7.24. The molecule has 0 amide bonds.